The summed E-state index contributed by atoms with van der Waals surface area (Å²) in [5, 5.41) is 0. The summed E-state index contributed by atoms with van der Waals surface area (Å²) in [7, 11) is 0. The first-order chi connectivity index (χ1) is 7.38. The van der Waals surface area contributed by atoms with Gasteiger partial charge in [-0.25, -0.2) is 9.97 Å². The lowest BCUT2D eigenvalue weighted by Gasteiger charge is -2.22. The van der Waals surface area contributed by atoms with Crippen LogP contribution < -0.4 is 10.5 Å². The maximum Gasteiger partial charge on any atom is 0.216 e. The summed E-state index contributed by atoms with van der Waals surface area (Å²) in [6, 6.07) is 1.79. The molecule has 1 aliphatic heterocycles. The Hall–Kier alpha value is -1.20. The van der Waals surface area contributed by atoms with E-state index in [1.807, 2.05) is 0 Å². The highest BCUT2D eigenvalue weighted by Crippen LogP contribution is 2.15. The first-order valence-corrected chi connectivity index (χ1v) is 5.14. The molecule has 1 aromatic rings. The van der Waals surface area contributed by atoms with E-state index >= 15 is 0 Å². The number of hydrogen-bond donors (Lipinski definition) is 1. The van der Waals surface area contributed by atoms with Crippen LogP contribution in [0.15, 0.2) is 12.4 Å². The fraction of sp³-hybridized carbons (Fsp3) is 0.600. The molecule has 1 aliphatic rings. The molecule has 0 amide bonds. The zero-order valence-corrected chi connectivity index (χ0v) is 8.56. The van der Waals surface area contributed by atoms with E-state index in [9.17, 15) is 0 Å². The second-order valence-corrected chi connectivity index (χ2v) is 3.48. The van der Waals surface area contributed by atoms with Crippen LogP contribution >= 0.6 is 0 Å². The Morgan fingerprint density at radius 1 is 1.40 bits per heavy atom. The minimum absolute atomic E-state index is 0.208. The van der Waals surface area contributed by atoms with Gasteiger partial charge in [0, 0.05) is 25.5 Å². The van der Waals surface area contributed by atoms with E-state index in [0.717, 1.165) is 31.7 Å². The molecular weight excluding hydrogens is 194 g/mol. The second kappa shape index (κ2) is 5.04. The molecule has 2 N–H and O–H groups in total. The molecule has 0 spiro atoms. The van der Waals surface area contributed by atoms with Gasteiger partial charge in [-0.05, 0) is 0 Å². The number of aromatic nitrogens is 2. The van der Waals surface area contributed by atoms with Crippen LogP contribution in [-0.2, 0) is 11.3 Å². The normalized spacial score (nSPS) is 17.7. The highest BCUT2D eigenvalue weighted by atomic mass is 16.5. The fourth-order valence-electron chi connectivity index (χ4n) is 1.52. The van der Waals surface area contributed by atoms with E-state index in [1.165, 1.54) is 6.33 Å². The smallest absolute Gasteiger partial charge is 0.216 e. The van der Waals surface area contributed by atoms with Gasteiger partial charge in [0.1, 0.15) is 12.4 Å². The first kappa shape index (κ1) is 10.3. The van der Waals surface area contributed by atoms with Gasteiger partial charge >= 0.3 is 0 Å². The molecule has 0 atom stereocenters. The fourth-order valence-corrected chi connectivity index (χ4v) is 1.52. The van der Waals surface area contributed by atoms with Gasteiger partial charge in [-0.2, -0.15) is 0 Å². The van der Waals surface area contributed by atoms with Gasteiger partial charge in [0.25, 0.3) is 0 Å². The molecule has 0 bridgehead atoms. The molecule has 2 rings (SSSR count). The highest BCUT2D eigenvalue weighted by Gasteiger charge is 2.15. The van der Waals surface area contributed by atoms with E-state index in [1.54, 1.807) is 6.07 Å². The van der Waals surface area contributed by atoms with Crippen LogP contribution in [0.2, 0.25) is 0 Å². The lowest BCUT2D eigenvalue weighted by atomic mass is 10.1. The minimum Gasteiger partial charge on any atom is -0.474 e. The van der Waals surface area contributed by atoms with E-state index in [-0.39, 0.29) is 6.10 Å². The number of hydrogen-bond acceptors (Lipinski definition) is 5. The molecule has 1 fully saturated rings. The van der Waals surface area contributed by atoms with E-state index < -0.39 is 0 Å². The summed E-state index contributed by atoms with van der Waals surface area (Å²) < 4.78 is 11.0. The minimum atomic E-state index is 0.208. The van der Waals surface area contributed by atoms with Crippen LogP contribution in [0, 0.1) is 0 Å². The average Bonchev–Trinajstić information content (AvgIpc) is 2.31. The Morgan fingerprint density at radius 3 is 2.93 bits per heavy atom. The summed E-state index contributed by atoms with van der Waals surface area (Å²) in [5.41, 5.74) is 6.28. The predicted molar refractivity (Wildman–Crippen MR) is 54.4 cm³/mol. The Kier molecular flexibility index (Phi) is 3.47. The van der Waals surface area contributed by atoms with Gasteiger partial charge in [-0.1, -0.05) is 0 Å². The van der Waals surface area contributed by atoms with Crippen LogP contribution in [0.3, 0.4) is 0 Å². The van der Waals surface area contributed by atoms with Crippen molar-refractivity contribution in [3.05, 3.63) is 18.1 Å². The predicted octanol–water partition coefficient (Wildman–Crippen LogP) is 0.493. The quantitative estimate of drug-likeness (QED) is 0.784. The van der Waals surface area contributed by atoms with Crippen LogP contribution in [0.5, 0.6) is 5.88 Å². The number of nitrogens with two attached hydrogens (primary N) is 1. The van der Waals surface area contributed by atoms with Gasteiger partial charge in [-0.15, -0.1) is 0 Å². The van der Waals surface area contributed by atoms with E-state index in [4.69, 9.17) is 15.2 Å². The highest BCUT2D eigenvalue weighted by molar-refractivity contribution is 5.13. The second-order valence-electron chi connectivity index (χ2n) is 3.48. The maximum atomic E-state index is 5.71. The summed E-state index contributed by atoms with van der Waals surface area (Å²) in [6.07, 6.45) is 3.53. The topological polar surface area (TPSA) is 70.3 Å². The molecule has 0 aromatic carbocycles. The lowest BCUT2D eigenvalue weighted by molar-refractivity contribution is 0.0236. The Balaban J connectivity index is 1.96. The molecule has 15 heavy (non-hydrogen) atoms. The van der Waals surface area contributed by atoms with Crippen molar-refractivity contribution >= 4 is 0 Å². The monoisotopic (exact) mass is 209 g/mol. The Bertz CT molecular complexity index is 313. The Morgan fingerprint density at radius 2 is 2.20 bits per heavy atom. The molecule has 0 radical (unpaired) electrons. The van der Waals surface area contributed by atoms with Crippen LogP contribution in [-0.4, -0.2) is 29.3 Å². The van der Waals surface area contributed by atoms with Crippen molar-refractivity contribution in [1.29, 1.82) is 0 Å². The van der Waals surface area contributed by atoms with Gasteiger partial charge in [0.2, 0.25) is 5.88 Å². The third-order valence-corrected chi connectivity index (χ3v) is 2.36. The van der Waals surface area contributed by atoms with Crippen molar-refractivity contribution in [1.82, 2.24) is 9.97 Å². The van der Waals surface area contributed by atoms with Gasteiger partial charge in [0.15, 0.2) is 0 Å². The van der Waals surface area contributed by atoms with E-state index in [0.29, 0.717) is 12.4 Å². The first-order valence-electron chi connectivity index (χ1n) is 5.14. The lowest BCUT2D eigenvalue weighted by Crippen LogP contribution is -2.26. The number of nitrogens with zero attached hydrogens (tertiary/aromatic N) is 2. The molecular formula is C10H15N3O2. The summed E-state index contributed by atoms with van der Waals surface area (Å²) in [4.78, 5) is 8.06. The number of rotatable bonds is 3. The third kappa shape index (κ3) is 2.87. The molecule has 2 heterocycles. The van der Waals surface area contributed by atoms with Gasteiger partial charge in [0.05, 0.1) is 18.9 Å². The molecule has 1 aromatic heterocycles. The molecule has 82 valence electrons. The van der Waals surface area contributed by atoms with Crippen molar-refractivity contribution in [3.8, 4) is 5.88 Å². The zero-order chi connectivity index (χ0) is 10.5. The van der Waals surface area contributed by atoms with E-state index in [2.05, 4.69) is 9.97 Å². The van der Waals surface area contributed by atoms with Crippen molar-refractivity contribution in [3.63, 3.8) is 0 Å². The molecule has 0 unspecified atom stereocenters. The van der Waals surface area contributed by atoms with Gasteiger partial charge < -0.3 is 15.2 Å². The average molecular weight is 209 g/mol. The molecule has 0 saturated carbocycles. The molecule has 5 nitrogen and oxygen atoms in total. The van der Waals surface area contributed by atoms with Crippen LogP contribution in [0.25, 0.3) is 0 Å². The maximum absolute atomic E-state index is 5.71. The standard InChI is InChI=1S/C10H15N3O2/c11-6-8-5-10(13-7-12-8)15-9-1-3-14-4-2-9/h5,7,9H,1-4,6,11H2. The SMILES string of the molecule is NCc1cc(OC2CCOCC2)ncn1. The molecule has 5 heteroatoms. The summed E-state index contributed by atoms with van der Waals surface area (Å²) >= 11 is 0. The van der Waals surface area contributed by atoms with Crippen molar-refractivity contribution in [2.45, 2.75) is 25.5 Å². The molecule has 1 saturated heterocycles. The zero-order valence-electron chi connectivity index (χ0n) is 8.56. The molecule has 0 aliphatic carbocycles. The van der Waals surface area contributed by atoms with Crippen molar-refractivity contribution < 1.29 is 9.47 Å². The number of ether oxygens (including phenoxy) is 2. The Labute approximate surface area is 88.6 Å². The van der Waals surface area contributed by atoms with Crippen molar-refractivity contribution in [2.75, 3.05) is 13.2 Å². The van der Waals surface area contributed by atoms with Crippen LogP contribution in [0.4, 0.5) is 0 Å². The third-order valence-electron chi connectivity index (χ3n) is 2.36. The van der Waals surface area contributed by atoms with Crippen molar-refractivity contribution in [2.24, 2.45) is 5.73 Å². The summed E-state index contributed by atoms with van der Waals surface area (Å²) in [5.74, 6) is 0.609. The largest absolute Gasteiger partial charge is 0.474 e. The van der Waals surface area contributed by atoms with Crippen LogP contribution in [0.1, 0.15) is 18.5 Å². The van der Waals surface area contributed by atoms with Gasteiger partial charge in [-0.3, -0.25) is 0 Å². The summed E-state index contributed by atoms with van der Waals surface area (Å²) in [6.45, 7) is 1.94.